The highest BCUT2D eigenvalue weighted by molar-refractivity contribution is 5.96. The first-order chi connectivity index (χ1) is 30.3. The number of aromatic amines is 1. The second-order valence-electron chi connectivity index (χ2n) is 18.9. The molecule has 16 nitrogen and oxygen atoms in total. The van der Waals surface area contributed by atoms with E-state index in [9.17, 15) is 24.0 Å². The van der Waals surface area contributed by atoms with Crippen LogP contribution in [0.5, 0.6) is 0 Å². The molecular weight excluding hydrogens is 822 g/mol. The largest absolute Gasteiger partial charge is 0.444 e. The zero-order valence-corrected chi connectivity index (χ0v) is 37.7. The first-order valence-electron chi connectivity index (χ1n) is 21.9. The minimum absolute atomic E-state index is 0.0434. The first kappa shape index (κ1) is 47.2. The van der Waals surface area contributed by atoms with Gasteiger partial charge in [-0.1, -0.05) is 24.3 Å². The third-order valence-corrected chi connectivity index (χ3v) is 11.4. The van der Waals surface area contributed by atoms with Crippen LogP contribution in [-0.2, 0) is 25.5 Å². The van der Waals surface area contributed by atoms with Crippen LogP contribution in [0.2, 0.25) is 0 Å². The van der Waals surface area contributed by atoms with E-state index in [1.54, 1.807) is 57.3 Å². The number of ketones is 1. The third-order valence-electron chi connectivity index (χ3n) is 11.4. The lowest BCUT2D eigenvalue weighted by Gasteiger charge is -2.35. The Balaban J connectivity index is 1.08. The molecule has 1 aliphatic carbocycles. The van der Waals surface area contributed by atoms with Crippen molar-refractivity contribution in [2.75, 3.05) is 25.0 Å². The zero-order chi connectivity index (χ0) is 46.2. The Hall–Kier alpha value is -6.26. The summed E-state index contributed by atoms with van der Waals surface area (Å²) in [5.41, 5.74) is 3.44. The van der Waals surface area contributed by atoms with Crippen LogP contribution in [0.1, 0.15) is 102 Å². The van der Waals surface area contributed by atoms with Crippen LogP contribution in [0, 0.1) is 24.7 Å². The summed E-state index contributed by atoms with van der Waals surface area (Å²) in [6, 6.07) is 15.6. The van der Waals surface area contributed by atoms with Gasteiger partial charge < -0.3 is 30.3 Å². The molecule has 2 aliphatic rings. The number of hydrogen-bond donors (Lipinski definition) is 4. The number of aryl methyl sites for hydroxylation is 1. The summed E-state index contributed by atoms with van der Waals surface area (Å²) < 4.78 is 25.9. The van der Waals surface area contributed by atoms with Crippen molar-refractivity contribution in [2.24, 2.45) is 17.8 Å². The number of nitrogens with zero attached hydrogens (tertiary/aromatic N) is 5. The van der Waals surface area contributed by atoms with Gasteiger partial charge in [0.25, 0.3) is 5.91 Å². The summed E-state index contributed by atoms with van der Waals surface area (Å²) in [7, 11) is 0. The maximum absolute atomic E-state index is 15.1. The Labute approximate surface area is 373 Å². The predicted molar refractivity (Wildman–Crippen MR) is 238 cm³/mol. The number of alkyl halides is 1. The van der Waals surface area contributed by atoms with E-state index >= 15 is 4.39 Å². The van der Waals surface area contributed by atoms with Gasteiger partial charge in [0.1, 0.15) is 28.9 Å². The molecule has 0 spiro atoms. The number of H-pyrrole nitrogens is 1. The van der Waals surface area contributed by atoms with Crippen LogP contribution in [0.25, 0.3) is 22.5 Å². The fraction of sp³-hybridized carbons (Fsp3) is 0.511. The number of piperidine rings is 1. The predicted octanol–water partition coefficient (Wildman–Crippen LogP) is 7.40. The Morgan fingerprint density at radius 1 is 0.891 bits per heavy atom. The number of aromatic nitrogens is 5. The number of likely N-dealkylation sites (tertiary alicyclic amines) is 1. The molecule has 17 heteroatoms. The number of nitrogens with one attached hydrogen (secondary N) is 4. The number of ether oxygens (including phenoxy) is 2. The first-order valence-corrected chi connectivity index (χ1v) is 21.9. The molecule has 64 heavy (non-hydrogen) atoms. The maximum Gasteiger partial charge on any atom is 0.410 e. The van der Waals surface area contributed by atoms with Crippen molar-refractivity contribution >= 4 is 35.5 Å². The lowest BCUT2D eigenvalue weighted by atomic mass is 9.77. The Morgan fingerprint density at radius 3 is 2.17 bits per heavy atom. The minimum atomic E-state index is -1.47. The summed E-state index contributed by atoms with van der Waals surface area (Å²) >= 11 is 0. The number of pyridine rings is 1. The van der Waals surface area contributed by atoms with Gasteiger partial charge in [0, 0.05) is 54.4 Å². The lowest BCUT2D eigenvalue weighted by Crippen LogP contribution is -2.54. The van der Waals surface area contributed by atoms with Gasteiger partial charge in [-0.25, -0.2) is 14.0 Å². The molecule has 1 saturated heterocycles. The van der Waals surface area contributed by atoms with E-state index in [0.29, 0.717) is 37.3 Å². The van der Waals surface area contributed by atoms with Crippen LogP contribution in [0.4, 0.5) is 19.7 Å². The molecule has 4 amide bonds. The lowest BCUT2D eigenvalue weighted by molar-refractivity contribution is -0.129. The standard InChI is InChI=1S/C47H60FN9O7/c1-28-22-39(43(60)52-38-20-21-57(27-37(38)48)45(62)64-47(5,6)7)49-26-36(28)31-12-8-29(9-13-31)23-34(42(59)51-35-18-16-33(17-19-35)41-53-55-56-54-41)24-40(58)32-14-10-30(11-15-32)25-50-44(61)63-46(2,3)4/h8-9,12-13,16-19,22,26,30,32,34,37-38H,10-11,14-15,20-21,23-25,27H2,1-7H3,(H,50,61)(H,51,59)(H,52,60)(H,53,54,55,56)/t30?,32?,34-,37?,38?/m1/s1. The number of halogens is 1. The molecule has 4 aromatic rings. The third kappa shape index (κ3) is 13.4. The van der Waals surface area contributed by atoms with Crippen molar-refractivity contribution in [2.45, 2.75) is 117 Å². The molecule has 1 aliphatic heterocycles. The number of tetrazole rings is 1. The highest BCUT2D eigenvalue weighted by Gasteiger charge is 2.35. The summed E-state index contributed by atoms with van der Waals surface area (Å²) in [6.45, 7) is 13.1. The fourth-order valence-electron chi connectivity index (χ4n) is 8.02. The number of carbonyl (C=O) groups is 5. The molecule has 0 bridgehead atoms. The molecule has 2 aromatic heterocycles. The summed E-state index contributed by atoms with van der Waals surface area (Å²) in [5.74, 6) is -0.911. The van der Waals surface area contributed by atoms with Crippen molar-refractivity contribution in [3.8, 4) is 22.5 Å². The molecule has 2 aromatic carbocycles. The molecular formula is C47H60FN9O7. The van der Waals surface area contributed by atoms with Gasteiger partial charge in [-0.15, -0.1) is 10.2 Å². The van der Waals surface area contributed by atoms with Crippen LogP contribution in [0.15, 0.2) is 60.8 Å². The number of carbonyl (C=O) groups excluding carboxylic acids is 5. The van der Waals surface area contributed by atoms with Crippen molar-refractivity contribution in [3.63, 3.8) is 0 Å². The highest BCUT2D eigenvalue weighted by Crippen LogP contribution is 2.32. The molecule has 2 unspecified atom stereocenters. The Kier molecular flexibility index (Phi) is 15.1. The molecule has 2 fully saturated rings. The summed E-state index contributed by atoms with van der Waals surface area (Å²) in [6.07, 6.45) is 2.65. The molecule has 4 N–H and O–H groups in total. The van der Waals surface area contributed by atoms with E-state index in [-0.39, 0.29) is 55.2 Å². The van der Waals surface area contributed by atoms with Gasteiger partial charge in [0.05, 0.1) is 12.6 Å². The number of alkyl carbamates (subject to hydrolysis) is 1. The monoisotopic (exact) mass is 881 g/mol. The summed E-state index contributed by atoms with van der Waals surface area (Å²) in [5, 5.41) is 22.6. The highest BCUT2D eigenvalue weighted by atomic mass is 19.1. The topological polar surface area (TPSA) is 210 Å². The second-order valence-corrected chi connectivity index (χ2v) is 18.9. The van der Waals surface area contributed by atoms with Crippen molar-refractivity contribution in [3.05, 3.63) is 77.6 Å². The molecule has 3 atom stereocenters. The van der Waals surface area contributed by atoms with Crippen LogP contribution < -0.4 is 16.0 Å². The minimum Gasteiger partial charge on any atom is -0.444 e. The average Bonchev–Trinajstić information content (AvgIpc) is 3.78. The smallest absolute Gasteiger partial charge is 0.410 e. The van der Waals surface area contributed by atoms with Gasteiger partial charge in [-0.05, 0) is 145 Å². The van der Waals surface area contributed by atoms with Crippen LogP contribution in [-0.4, -0.2) is 103 Å². The second kappa shape index (κ2) is 20.5. The van der Waals surface area contributed by atoms with E-state index in [4.69, 9.17) is 9.47 Å². The SMILES string of the molecule is Cc1cc(C(=O)NC2CCN(C(=O)OC(C)(C)C)CC2F)ncc1-c1ccc(C[C@H](CC(=O)C2CCC(CNC(=O)OC(C)(C)C)CC2)C(=O)Nc2ccc(-c3nn[nH]n3)cc2)cc1. The van der Waals surface area contributed by atoms with E-state index in [1.807, 2.05) is 52.0 Å². The molecule has 6 rings (SSSR count). The molecule has 1 saturated carbocycles. The Morgan fingerprint density at radius 2 is 1.56 bits per heavy atom. The van der Waals surface area contributed by atoms with Crippen molar-refractivity contribution in [1.82, 2.24) is 41.1 Å². The van der Waals surface area contributed by atoms with Crippen LogP contribution >= 0.6 is 0 Å². The van der Waals surface area contributed by atoms with Gasteiger partial charge >= 0.3 is 12.2 Å². The van der Waals surface area contributed by atoms with E-state index < -0.39 is 47.4 Å². The number of rotatable bonds is 13. The number of Topliss-reactive ketones (excluding diaryl/α,β-unsaturated/α-hetero) is 1. The number of anilines is 1. The van der Waals surface area contributed by atoms with E-state index in [2.05, 4.69) is 41.6 Å². The molecule has 3 heterocycles. The summed E-state index contributed by atoms with van der Waals surface area (Å²) in [4.78, 5) is 71.4. The quantitative estimate of drug-likeness (QED) is 0.104. The zero-order valence-electron chi connectivity index (χ0n) is 37.7. The van der Waals surface area contributed by atoms with Crippen LogP contribution in [0.3, 0.4) is 0 Å². The van der Waals surface area contributed by atoms with Gasteiger partial charge in [0.2, 0.25) is 11.7 Å². The molecule has 342 valence electrons. The van der Waals surface area contributed by atoms with Crippen molar-refractivity contribution in [1.29, 1.82) is 0 Å². The average molecular weight is 882 g/mol. The normalized spacial score (nSPS) is 19.5. The molecule has 0 radical (unpaired) electrons. The number of amides is 4. The van der Waals surface area contributed by atoms with E-state index in [1.165, 1.54) is 4.90 Å². The number of benzene rings is 2. The maximum atomic E-state index is 15.1. The van der Waals surface area contributed by atoms with Gasteiger partial charge in [0.15, 0.2) is 0 Å². The van der Waals surface area contributed by atoms with Gasteiger partial charge in [-0.2, -0.15) is 5.21 Å². The number of hydrogen-bond acceptors (Lipinski definition) is 11. The fourth-order valence-corrected chi connectivity index (χ4v) is 8.02. The Bertz CT molecular complexity index is 2250. The van der Waals surface area contributed by atoms with Crippen molar-refractivity contribution < 1.29 is 37.8 Å². The van der Waals surface area contributed by atoms with E-state index in [0.717, 1.165) is 40.7 Å². The van der Waals surface area contributed by atoms with Gasteiger partial charge in [-0.3, -0.25) is 19.4 Å².